The van der Waals surface area contributed by atoms with E-state index in [0.29, 0.717) is 0 Å². The highest BCUT2D eigenvalue weighted by Gasteiger charge is 2.03. The van der Waals surface area contributed by atoms with Gasteiger partial charge in [-0.25, -0.2) is 0 Å². The molecule has 2 aromatic rings. The van der Waals surface area contributed by atoms with Crippen LogP contribution in [-0.4, -0.2) is 16.2 Å². The summed E-state index contributed by atoms with van der Waals surface area (Å²) < 4.78 is 0. The summed E-state index contributed by atoms with van der Waals surface area (Å²) in [5, 5.41) is 0. The van der Waals surface area contributed by atoms with Crippen molar-refractivity contribution in [2.24, 2.45) is 0 Å². The largest absolute Gasteiger partial charge is 0.339 e. The van der Waals surface area contributed by atoms with Gasteiger partial charge in [0.05, 0.1) is 0 Å². The van der Waals surface area contributed by atoms with Gasteiger partial charge in [-0.3, -0.25) is 0 Å². The van der Waals surface area contributed by atoms with Gasteiger partial charge in [-0.05, 0) is 23.2 Å². The fraction of sp³-hybridized carbons (Fsp3) is 0.125. The first-order chi connectivity index (χ1) is 8.92. The number of rotatable bonds is 5. The molecule has 0 aliphatic rings. The average Bonchev–Trinajstić information content (AvgIpc) is 2.46. The molecule has 18 heavy (non-hydrogen) atoms. The molecule has 0 saturated carbocycles. The predicted octanol–water partition coefficient (Wildman–Crippen LogP) is 2.77. The molecule has 0 amide bonds. The lowest BCUT2D eigenvalue weighted by atomic mass is 10.00. The molecular formula is C16H19NSi. The van der Waals surface area contributed by atoms with Crippen LogP contribution in [0, 0.1) is 0 Å². The van der Waals surface area contributed by atoms with E-state index in [9.17, 15) is 0 Å². The minimum Gasteiger partial charge on any atom is -0.339 e. The van der Waals surface area contributed by atoms with Crippen molar-refractivity contribution in [2.75, 3.05) is 6.54 Å². The van der Waals surface area contributed by atoms with Crippen LogP contribution in [-0.2, 0) is 0 Å². The second-order valence-corrected chi connectivity index (χ2v) is 5.47. The number of nitrogens with one attached hydrogen (secondary N) is 1. The molecule has 92 valence electrons. The third-order valence-corrected chi connectivity index (χ3v) is 4.27. The van der Waals surface area contributed by atoms with Gasteiger partial charge < -0.3 is 4.98 Å². The van der Waals surface area contributed by atoms with Gasteiger partial charge in [-0.2, -0.15) is 0 Å². The minimum absolute atomic E-state index is 0.336. The van der Waals surface area contributed by atoms with E-state index in [1.807, 2.05) is 0 Å². The fourth-order valence-electron chi connectivity index (χ4n) is 1.96. The van der Waals surface area contributed by atoms with Gasteiger partial charge in [0.25, 0.3) is 0 Å². The van der Waals surface area contributed by atoms with E-state index in [1.165, 1.54) is 16.7 Å². The van der Waals surface area contributed by atoms with Crippen molar-refractivity contribution in [3.8, 4) is 0 Å². The molecule has 1 N–H and O–H groups in total. The lowest BCUT2D eigenvalue weighted by molar-refractivity contribution is 1.01. The molecule has 0 bridgehead atoms. The van der Waals surface area contributed by atoms with Crippen LogP contribution in [0.25, 0.3) is 5.57 Å². The quantitative estimate of drug-likeness (QED) is 0.638. The Labute approximate surface area is 111 Å². The summed E-state index contributed by atoms with van der Waals surface area (Å²) >= 11 is 0. The topological polar surface area (TPSA) is 12.0 Å². The van der Waals surface area contributed by atoms with Crippen LogP contribution in [0.2, 0.25) is 0 Å². The Bertz CT molecular complexity index is 450. The first-order valence-corrected chi connectivity index (χ1v) is 7.96. The van der Waals surface area contributed by atoms with E-state index < -0.39 is 0 Å². The SMILES string of the molecule is CCN[SiH2]C=C(c1ccccc1)c1ccccc1. The summed E-state index contributed by atoms with van der Waals surface area (Å²) in [4.78, 5) is 3.48. The van der Waals surface area contributed by atoms with Crippen LogP contribution in [0.3, 0.4) is 0 Å². The van der Waals surface area contributed by atoms with E-state index in [4.69, 9.17) is 0 Å². The maximum atomic E-state index is 3.48. The number of hydrogen-bond acceptors (Lipinski definition) is 1. The summed E-state index contributed by atoms with van der Waals surface area (Å²) in [5.74, 6) is 0. The third-order valence-electron chi connectivity index (χ3n) is 2.87. The lowest BCUT2D eigenvalue weighted by Crippen LogP contribution is -2.16. The van der Waals surface area contributed by atoms with Crippen molar-refractivity contribution >= 4 is 15.3 Å². The van der Waals surface area contributed by atoms with Crippen LogP contribution in [0.4, 0.5) is 0 Å². The lowest BCUT2D eigenvalue weighted by Gasteiger charge is -2.08. The Morgan fingerprint density at radius 1 is 0.944 bits per heavy atom. The van der Waals surface area contributed by atoms with Gasteiger partial charge >= 0.3 is 0 Å². The maximum absolute atomic E-state index is 3.48. The molecule has 0 aliphatic heterocycles. The van der Waals surface area contributed by atoms with Gasteiger partial charge in [0.15, 0.2) is 0 Å². The molecule has 0 fully saturated rings. The third kappa shape index (κ3) is 3.42. The molecule has 2 heteroatoms. The van der Waals surface area contributed by atoms with Crippen LogP contribution in [0.5, 0.6) is 0 Å². The Kier molecular flexibility index (Phi) is 4.94. The van der Waals surface area contributed by atoms with Crippen molar-refractivity contribution in [2.45, 2.75) is 6.92 Å². The first kappa shape index (κ1) is 12.8. The smallest absolute Gasteiger partial charge is 0.117 e. The van der Waals surface area contributed by atoms with Crippen molar-refractivity contribution in [3.05, 3.63) is 77.5 Å². The second kappa shape index (κ2) is 6.94. The van der Waals surface area contributed by atoms with Crippen molar-refractivity contribution in [1.82, 2.24) is 4.98 Å². The second-order valence-electron chi connectivity index (χ2n) is 4.16. The summed E-state index contributed by atoms with van der Waals surface area (Å²) in [7, 11) is -0.336. The van der Waals surface area contributed by atoms with E-state index in [1.54, 1.807) is 0 Å². The summed E-state index contributed by atoms with van der Waals surface area (Å²) in [6, 6.07) is 21.2. The molecule has 0 aromatic heterocycles. The van der Waals surface area contributed by atoms with E-state index in [2.05, 4.69) is 78.3 Å². The minimum atomic E-state index is -0.336. The van der Waals surface area contributed by atoms with Crippen LogP contribution in [0.1, 0.15) is 18.1 Å². The highest BCUT2D eigenvalue weighted by molar-refractivity contribution is 6.41. The molecule has 0 aliphatic carbocycles. The highest BCUT2D eigenvalue weighted by Crippen LogP contribution is 2.22. The predicted molar refractivity (Wildman–Crippen MR) is 82.2 cm³/mol. The standard InChI is InChI=1S/C16H19NSi/c1-2-17-18-13-16(14-9-5-3-6-10-14)15-11-7-4-8-12-15/h3-13,17H,2,18H2,1H3. The van der Waals surface area contributed by atoms with Crippen molar-refractivity contribution in [1.29, 1.82) is 0 Å². The van der Waals surface area contributed by atoms with Crippen molar-refractivity contribution in [3.63, 3.8) is 0 Å². The zero-order chi connectivity index (χ0) is 12.6. The Balaban J connectivity index is 2.33. The normalized spacial score (nSPS) is 10.7. The van der Waals surface area contributed by atoms with Gasteiger partial charge in [0.2, 0.25) is 0 Å². The fourth-order valence-corrected chi connectivity index (χ4v) is 3.06. The molecule has 0 unspecified atom stereocenters. The van der Waals surface area contributed by atoms with E-state index in [0.717, 1.165) is 6.54 Å². The molecule has 0 spiro atoms. The molecule has 0 heterocycles. The Hall–Kier alpha value is -1.64. The van der Waals surface area contributed by atoms with E-state index in [-0.39, 0.29) is 9.68 Å². The maximum Gasteiger partial charge on any atom is 0.117 e. The van der Waals surface area contributed by atoms with E-state index >= 15 is 0 Å². The van der Waals surface area contributed by atoms with Gasteiger partial charge in [-0.1, -0.05) is 73.3 Å². The Morgan fingerprint density at radius 3 is 1.89 bits per heavy atom. The van der Waals surface area contributed by atoms with Crippen LogP contribution >= 0.6 is 0 Å². The monoisotopic (exact) mass is 253 g/mol. The molecule has 0 saturated heterocycles. The van der Waals surface area contributed by atoms with Gasteiger partial charge in [0.1, 0.15) is 9.68 Å². The summed E-state index contributed by atoms with van der Waals surface area (Å²) in [5.41, 5.74) is 6.35. The molecular weight excluding hydrogens is 234 g/mol. The van der Waals surface area contributed by atoms with Gasteiger partial charge in [-0.15, -0.1) is 0 Å². The van der Waals surface area contributed by atoms with Crippen LogP contribution in [0.15, 0.2) is 66.4 Å². The molecule has 1 nitrogen and oxygen atoms in total. The zero-order valence-corrected chi connectivity index (χ0v) is 12.2. The zero-order valence-electron chi connectivity index (χ0n) is 10.8. The Morgan fingerprint density at radius 2 is 1.44 bits per heavy atom. The molecule has 2 aromatic carbocycles. The first-order valence-electron chi connectivity index (χ1n) is 6.43. The average molecular weight is 253 g/mol. The highest BCUT2D eigenvalue weighted by atomic mass is 28.2. The molecule has 0 atom stereocenters. The van der Waals surface area contributed by atoms with Gasteiger partial charge in [0, 0.05) is 0 Å². The summed E-state index contributed by atoms with van der Waals surface area (Å²) in [6.07, 6.45) is 0. The number of benzene rings is 2. The number of hydrogen-bond donors (Lipinski definition) is 1. The van der Waals surface area contributed by atoms with Crippen molar-refractivity contribution < 1.29 is 0 Å². The van der Waals surface area contributed by atoms with Crippen LogP contribution < -0.4 is 4.98 Å². The summed E-state index contributed by atoms with van der Waals surface area (Å²) in [6.45, 7) is 3.21. The molecule has 2 rings (SSSR count). The molecule has 0 radical (unpaired) electrons.